The fraction of sp³-hybridized carbons (Fsp3) is 0.778. The van der Waals surface area contributed by atoms with Crippen LogP contribution in [0.25, 0.3) is 0 Å². The molecule has 29 heavy (non-hydrogen) atoms. The zero-order valence-electron chi connectivity index (χ0n) is 17.0. The molecule has 1 aliphatic rings. The minimum Gasteiger partial charge on any atom is -0.480 e. The van der Waals surface area contributed by atoms with Gasteiger partial charge >= 0.3 is 5.97 Å². The van der Waals surface area contributed by atoms with Crippen molar-refractivity contribution in [2.75, 3.05) is 12.3 Å². The van der Waals surface area contributed by atoms with Gasteiger partial charge in [-0.3, -0.25) is 14.4 Å². The number of amides is 3. The van der Waals surface area contributed by atoms with E-state index < -0.39 is 54.0 Å². The van der Waals surface area contributed by atoms with Crippen LogP contribution in [-0.2, 0) is 19.2 Å². The van der Waals surface area contributed by atoms with E-state index in [0.717, 1.165) is 0 Å². The van der Waals surface area contributed by atoms with E-state index in [1.54, 1.807) is 6.92 Å². The Balaban J connectivity index is 3.00. The number of carbonyl (C=O) groups excluding carboxylic acids is 3. The molecule has 0 radical (unpaired) electrons. The first kappa shape index (κ1) is 25.2. The standard InChI is InChI=1S/C18H32N4O6S/c1-4-9(2)13(17(26)22-7-5-6-12(22)18(27)28)20-16(25)14(10(3)23)21-15(24)11(19)8-29/h9-14,23,29H,4-8,19H2,1-3H3,(H,20,25)(H,21,24)(H,27,28). The van der Waals surface area contributed by atoms with Gasteiger partial charge < -0.3 is 31.5 Å². The zero-order valence-corrected chi connectivity index (χ0v) is 17.9. The number of aliphatic hydroxyl groups is 1. The second-order valence-electron chi connectivity index (χ2n) is 7.42. The number of nitrogens with zero attached hydrogens (tertiary/aromatic N) is 1. The van der Waals surface area contributed by atoms with Crippen molar-refractivity contribution in [2.45, 2.75) is 70.3 Å². The highest BCUT2D eigenvalue weighted by Crippen LogP contribution is 2.21. The first-order valence-electron chi connectivity index (χ1n) is 9.73. The van der Waals surface area contributed by atoms with Crippen LogP contribution >= 0.6 is 12.6 Å². The Hall–Kier alpha value is -1.85. The minimum atomic E-state index is -1.32. The smallest absolute Gasteiger partial charge is 0.326 e. The number of nitrogens with one attached hydrogen (secondary N) is 2. The van der Waals surface area contributed by atoms with Gasteiger partial charge in [0.2, 0.25) is 17.7 Å². The Morgan fingerprint density at radius 1 is 1.17 bits per heavy atom. The minimum absolute atomic E-state index is 0.0551. The van der Waals surface area contributed by atoms with E-state index in [9.17, 15) is 29.4 Å². The van der Waals surface area contributed by atoms with E-state index in [1.165, 1.54) is 11.8 Å². The van der Waals surface area contributed by atoms with E-state index in [-0.39, 0.29) is 11.7 Å². The average Bonchev–Trinajstić information content (AvgIpc) is 3.17. The number of aliphatic carboxylic acids is 1. The van der Waals surface area contributed by atoms with E-state index in [4.69, 9.17) is 5.73 Å². The molecule has 1 heterocycles. The summed E-state index contributed by atoms with van der Waals surface area (Å²) >= 11 is 3.93. The van der Waals surface area contributed by atoms with E-state index in [0.29, 0.717) is 25.8 Å². The number of aliphatic hydroxyl groups excluding tert-OH is 1. The summed E-state index contributed by atoms with van der Waals surface area (Å²) in [5, 5.41) is 24.3. The van der Waals surface area contributed by atoms with Gasteiger partial charge in [0.25, 0.3) is 0 Å². The van der Waals surface area contributed by atoms with Crippen LogP contribution in [-0.4, -0.2) is 81.4 Å². The maximum absolute atomic E-state index is 13.0. The molecule has 0 aromatic heterocycles. The molecule has 1 rings (SSSR count). The van der Waals surface area contributed by atoms with Gasteiger partial charge in [0.05, 0.1) is 12.1 Å². The molecule has 6 atom stereocenters. The molecule has 1 aliphatic heterocycles. The predicted octanol–water partition coefficient (Wildman–Crippen LogP) is -1.28. The Kier molecular flexibility index (Phi) is 9.87. The number of likely N-dealkylation sites (tertiary alicyclic amines) is 1. The topological polar surface area (TPSA) is 162 Å². The third kappa shape index (κ3) is 6.58. The van der Waals surface area contributed by atoms with E-state index >= 15 is 0 Å². The Morgan fingerprint density at radius 2 is 1.76 bits per heavy atom. The first-order valence-corrected chi connectivity index (χ1v) is 10.4. The summed E-state index contributed by atoms with van der Waals surface area (Å²) in [4.78, 5) is 50.5. The maximum Gasteiger partial charge on any atom is 0.326 e. The molecule has 10 nitrogen and oxygen atoms in total. The van der Waals surface area contributed by atoms with Crippen molar-refractivity contribution in [3.8, 4) is 0 Å². The van der Waals surface area contributed by atoms with Crippen LogP contribution < -0.4 is 16.4 Å². The Morgan fingerprint density at radius 3 is 2.24 bits per heavy atom. The SMILES string of the molecule is CCC(C)C(NC(=O)C(NC(=O)C(N)CS)C(C)O)C(=O)N1CCCC1C(=O)O. The summed E-state index contributed by atoms with van der Waals surface area (Å²) in [6.45, 7) is 5.24. The van der Waals surface area contributed by atoms with E-state index in [2.05, 4.69) is 23.3 Å². The summed E-state index contributed by atoms with van der Waals surface area (Å²) < 4.78 is 0. The lowest BCUT2D eigenvalue weighted by Crippen LogP contribution is -2.61. The fourth-order valence-electron chi connectivity index (χ4n) is 3.14. The van der Waals surface area contributed by atoms with Crippen LogP contribution in [0.5, 0.6) is 0 Å². The van der Waals surface area contributed by atoms with Gasteiger partial charge in [0.1, 0.15) is 18.1 Å². The highest BCUT2D eigenvalue weighted by molar-refractivity contribution is 7.80. The average molecular weight is 433 g/mol. The molecule has 11 heteroatoms. The number of nitrogens with two attached hydrogens (primary N) is 1. The molecule has 3 amide bonds. The molecule has 1 saturated heterocycles. The molecule has 1 fully saturated rings. The van der Waals surface area contributed by atoms with Crippen molar-refractivity contribution in [2.24, 2.45) is 11.7 Å². The van der Waals surface area contributed by atoms with Crippen molar-refractivity contribution in [1.29, 1.82) is 0 Å². The number of thiol groups is 1. The van der Waals surface area contributed by atoms with Crippen LogP contribution in [0.15, 0.2) is 0 Å². The monoisotopic (exact) mass is 432 g/mol. The third-order valence-electron chi connectivity index (χ3n) is 5.19. The molecule has 0 bridgehead atoms. The molecular weight excluding hydrogens is 400 g/mol. The highest BCUT2D eigenvalue weighted by Gasteiger charge is 2.40. The molecule has 6 N–H and O–H groups in total. The maximum atomic E-state index is 13.0. The van der Waals surface area contributed by atoms with E-state index in [1.807, 2.05) is 6.92 Å². The first-order chi connectivity index (χ1) is 13.5. The van der Waals surface area contributed by atoms with Crippen LogP contribution in [0.2, 0.25) is 0 Å². The number of carboxylic acid groups (broad SMARTS) is 1. The number of hydrogen-bond acceptors (Lipinski definition) is 7. The van der Waals surface area contributed by atoms with Gasteiger partial charge in [-0.15, -0.1) is 0 Å². The second kappa shape index (κ2) is 11.4. The number of rotatable bonds is 10. The van der Waals surface area contributed by atoms with Crippen molar-refractivity contribution in [1.82, 2.24) is 15.5 Å². The van der Waals surface area contributed by atoms with Gasteiger partial charge in [-0.1, -0.05) is 20.3 Å². The predicted molar refractivity (Wildman–Crippen MR) is 109 cm³/mol. The van der Waals surface area contributed by atoms with Crippen LogP contribution in [0.3, 0.4) is 0 Å². The van der Waals surface area contributed by atoms with Gasteiger partial charge in [0.15, 0.2) is 0 Å². The summed E-state index contributed by atoms with van der Waals surface area (Å²) in [5.41, 5.74) is 5.59. The van der Waals surface area contributed by atoms with Gasteiger partial charge in [-0.05, 0) is 25.7 Å². The molecule has 0 saturated carbocycles. The fourth-order valence-corrected chi connectivity index (χ4v) is 3.31. The quantitative estimate of drug-likeness (QED) is 0.234. The largest absolute Gasteiger partial charge is 0.480 e. The highest BCUT2D eigenvalue weighted by atomic mass is 32.1. The molecule has 0 aromatic rings. The lowest BCUT2D eigenvalue weighted by molar-refractivity contribution is -0.150. The molecule has 166 valence electrons. The summed E-state index contributed by atoms with van der Waals surface area (Å²) in [6, 6.07) is -4.18. The molecular formula is C18H32N4O6S. The summed E-state index contributed by atoms with van der Waals surface area (Å²) in [5.74, 6) is -3.20. The summed E-state index contributed by atoms with van der Waals surface area (Å²) in [6.07, 6.45) is 0.240. The van der Waals surface area contributed by atoms with Gasteiger partial charge in [0, 0.05) is 12.3 Å². The number of hydrogen-bond donors (Lipinski definition) is 6. The van der Waals surface area contributed by atoms with Crippen molar-refractivity contribution in [3.63, 3.8) is 0 Å². The van der Waals surface area contributed by atoms with Crippen LogP contribution in [0.1, 0.15) is 40.0 Å². The van der Waals surface area contributed by atoms with Crippen molar-refractivity contribution in [3.05, 3.63) is 0 Å². The molecule has 0 spiro atoms. The van der Waals surface area contributed by atoms with Crippen molar-refractivity contribution < 1.29 is 29.4 Å². The molecule has 6 unspecified atom stereocenters. The number of carbonyl (C=O) groups is 4. The van der Waals surface area contributed by atoms with Gasteiger partial charge in [-0.25, -0.2) is 4.79 Å². The molecule has 0 aliphatic carbocycles. The zero-order chi connectivity index (χ0) is 22.3. The third-order valence-corrected chi connectivity index (χ3v) is 5.59. The van der Waals surface area contributed by atoms with Crippen LogP contribution in [0, 0.1) is 5.92 Å². The Bertz CT molecular complexity index is 617. The lowest BCUT2D eigenvalue weighted by Gasteiger charge is -2.32. The van der Waals surface area contributed by atoms with Crippen LogP contribution in [0.4, 0.5) is 0 Å². The summed E-state index contributed by atoms with van der Waals surface area (Å²) in [7, 11) is 0. The van der Waals surface area contributed by atoms with Crippen molar-refractivity contribution >= 4 is 36.3 Å². The Labute approximate surface area is 176 Å². The molecule has 0 aromatic carbocycles. The second-order valence-corrected chi connectivity index (χ2v) is 7.78. The normalized spacial score (nSPS) is 21.6. The van der Waals surface area contributed by atoms with Gasteiger partial charge in [-0.2, -0.15) is 12.6 Å². The lowest BCUT2D eigenvalue weighted by atomic mass is 9.96. The number of carboxylic acids is 1.